The summed E-state index contributed by atoms with van der Waals surface area (Å²) >= 11 is 0. The van der Waals surface area contributed by atoms with Crippen molar-refractivity contribution in [1.82, 2.24) is 10.6 Å². The summed E-state index contributed by atoms with van der Waals surface area (Å²) in [4.78, 5) is 4.27. The van der Waals surface area contributed by atoms with Crippen molar-refractivity contribution in [3.8, 4) is 0 Å². The second kappa shape index (κ2) is 10.7. The van der Waals surface area contributed by atoms with Crippen LogP contribution in [0.4, 0.5) is 0 Å². The Morgan fingerprint density at radius 3 is 2.58 bits per heavy atom. The predicted molar refractivity (Wildman–Crippen MR) is 103 cm³/mol. The first-order valence-corrected chi connectivity index (χ1v) is 8.83. The summed E-state index contributed by atoms with van der Waals surface area (Å²) < 4.78 is 5.34. The highest BCUT2D eigenvalue weighted by Crippen LogP contribution is 2.15. The quantitative estimate of drug-likeness (QED) is 0.422. The second-order valence-electron chi connectivity index (χ2n) is 5.76. The fraction of sp³-hybridized carbons (Fsp3) is 0.450. The van der Waals surface area contributed by atoms with Gasteiger partial charge in [-0.1, -0.05) is 42.5 Å². The van der Waals surface area contributed by atoms with Gasteiger partial charge in [0.1, 0.15) is 0 Å². The molecular weight excluding hydrogens is 298 g/mol. The smallest absolute Gasteiger partial charge is 0.190 e. The summed E-state index contributed by atoms with van der Waals surface area (Å²) in [6.07, 6.45) is 3.15. The molecule has 2 N–H and O–H groups in total. The minimum atomic E-state index is 0.797. The summed E-state index contributed by atoms with van der Waals surface area (Å²) in [5.41, 5.74) is 1.34. The molecule has 0 aliphatic carbocycles. The Labute approximate surface area is 145 Å². The second-order valence-corrected chi connectivity index (χ2v) is 5.76. The van der Waals surface area contributed by atoms with Crippen molar-refractivity contribution in [3.05, 3.63) is 48.0 Å². The maximum Gasteiger partial charge on any atom is 0.190 e. The third-order valence-corrected chi connectivity index (χ3v) is 3.96. The van der Waals surface area contributed by atoms with Crippen LogP contribution < -0.4 is 10.6 Å². The van der Waals surface area contributed by atoms with Gasteiger partial charge >= 0.3 is 0 Å². The fourth-order valence-corrected chi connectivity index (χ4v) is 2.62. The van der Waals surface area contributed by atoms with Crippen LogP contribution in [0, 0.1) is 0 Å². The van der Waals surface area contributed by atoms with Crippen LogP contribution >= 0.6 is 0 Å². The first-order chi connectivity index (χ1) is 11.8. The highest BCUT2D eigenvalue weighted by Gasteiger charge is 1.99. The molecule has 0 atom stereocenters. The molecule has 0 aliphatic heterocycles. The molecule has 0 bridgehead atoms. The summed E-state index contributed by atoms with van der Waals surface area (Å²) in [5, 5.41) is 9.31. The van der Waals surface area contributed by atoms with Gasteiger partial charge in [0.15, 0.2) is 5.96 Å². The summed E-state index contributed by atoms with van der Waals surface area (Å²) in [6.45, 7) is 5.46. The van der Waals surface area contributed by atoms with Gasteiger partial charge in [-0.25, -0.2) is 0 Å². The Hall–Kier alpha value is -2.07. The van der Waals surface area contributed by atoms with Crippen LogP contribution in [-0.4, -0.2) is 39.3 Å². The van der Waals surface area contributed by atoms with Gasteiger partial charge in [0.05, 0.1) is 0 Å². The van der Waals surface area contributed by atoms with Gasteiger partial charge in [-0.2, -0.15) is 0 Å². The van der Waals surface area contributed by atoms with E-state index in [2.05, 4.69) is 58.1 Å². The average Bonchev–Trinajstić information content (AvgIpc) is 2.63. The maximum absolute atomic E-state index is 5.34. The van der Waals surface area contributed by atoms with Gasteiger partial charge in [0, 0.05) is 33.4 Å². The zero-order valence-electron chi connectivity index (χ0n) is 14.8. The molecule has 0 fully saturated rings. The molecule has 0 aromatic heterocycles. The minimum absolute atomic E-state index is 0.797. The normalized spacial score (nSPS) is 11.7. The molecule has 4 nitrogen and oxygen atoms in total. The van der Waals surface area contributed by atoms with E-state index in [1.54, 1.807) is 0 Å². The molecule has 2 rings (SSSR count). The van der Waals surface area contributed by atoms with Crippen molar-refractivity contribution >= 4 is 16.7 Å². The molecule has 4 heteroatoms. The van der Waals surface area contributed by atoms with Gasteiger partial charge in [0.2, 0.25) is 0 Å². The number of aliphatic imine (C=N–C) groups is 1. The number of unbranched alkanes of at least 4 members (excludes halogenated alkanes) is 1. The molecular formula is C20H29N3O. The number of hydrogen-bond donors (Lipinski definition) is 2. The maximum atomic E-state index is 5.34. The van der Waals surface area contributed by atoms with E-state index in [4.69, 9.17) is 4.74 Å². The number of nitrogens with zero attached hydrogens (tertiary/aromatic N) is 1. The molecule has 0 spiro atoms. The zero-order valence-corrected chi connectivity index (χ0v) is 14.8. The standard InChI is InChI=1S/C20H29N3O/c1-3-24-15-7-6-13-22-20(21-2)23-14-12-17-10-11-18-8-4-5-9-19(18)16-17/h4-5,8-11,16H,3,6-7,12-15H2,1-2H3,(H2,21,22,23). The number of rotatable bonds is 9. The Morgan fingerprint density at radius 1 is 1.00 bits per heavy atom. The summed E-state index contributed by atoms with van der Waals surface area (Å²) in [5.74, 6) is 0.868. The van der Waals surface area contributed by atoms with E-state index in [9.17, 15) is 0 Å². The van der Waals surface area contributed by atoms with Gasteiger partial charge < -0.3 is 15.4 Å². The van der Waals surface area contributed by atoms with E-state index in [-0.39, 0.29) is 0 Å². The van der Waals surface area contributed by atoms with Crippen molar-refractivity contribution in [2.45, 2.75) is 26.2 Å². The van der Waals surface area contributed by atoms with E-state index in [1.807, 2.05) is 14.0 Å². The van der Waals surface area contributed by atoms with Crippen molar-refractivity contribution < 1.29 is 4.74 Å². The molecule has 0 radical (unpaired) electrons. The van der Waals surface area contributed by atoms with E-state index in [0.717, 1.165) is 51.5 Å². The Kier molecular flexibility index (Phi) is 8.11. The lowest BCUT2D eigenvalue weighted by Gasteiger charge is -2.12. The molecule has 130 valence electrons. The van der Waals surface area contributed by atoms with Gasteiger partial charge in [0.25, 0.3) is 0 Å². The molecule has 0 amide bonds. The lowest BCUT2D eigenvalue weighted by Crippen LogP contribution is -2.38. The number of nitrogens with one attached hydrogen (secondary N) is 2. The third-order valence-electron chi connectivity index (χ3n) is 3.96. The predicted octanol–water partition coefficient (Wildman–Crippen LogP) is 3.36. The van der Waals surface area contributed by atoms with Crippen LogP contribution in [0.1, 0.15) is 25.3 Å². The summed E-state index contributed by atoms with van der Waals surface area (Å²) in [6, 6.07) is 15.1. The monoisotopic (exact) mass is 327 g/mol. The number of ether oxygens (including phenoxy) is 1. The molecule has 2 aromatic carbocycles. The van der Waals surface area contributed by atoms with E-state index < -0.39 is 0 Å². The molecule has 0 aliphatic rings. The van der Waals surface area contributed by atoms with Crippen LogP contribution in [0.15, 0.2) is 47.5 Å². The molecule has 2 aromatic rings. The molecule has 0 saturated heterocycles. The minimum Gasteiger partial charge on any atom is -0.382 e. The number of benzene rings is 2. The first-order valence-electron chi connectivity index (χ1n) is 8.83. The van der Waals surface area contributed by atoms with E-state index in [1.165, 1.54) is 16.3 Å². The molecule has 0 unspecified atom stereocenters. The lowest BCUT2D eigenvalue weighted by atomic mass is 10.1. The average molecular weight is 327 g/mol. The van der Waals surface area contributed by atoms with Gasteiger partial charge in [-0.15, -0.1) is 0 Å². The van der Waals surface area contributed by atoms with Crippen molar-refractivity contribution in [2.24, 2.45) is 4.99 Å². The fourth-order valence-electron chi connectivity index (χ4n) is 2.62. The summed E-state index contributed by atoms with van der Waals surface area (Å²) in [7, 11) is 1.81. The third kappa shape index (κ3) is 6.20. The zero-order chi connectivity index (χ0) is 17.0. The number of hydrogen-bond acceptors (Lipinski definition) is 2. The molecule has 0 saturated carbocycles. The molecule has 0 heterocycles. The van der Waals surface area contributed by atoms with Crippen molar-refractivity contribution in [2.75, 3.05) is 33.4 Å². The Balaban J connectivity index is 1.69. The largest absolute Gasteiger partial charge is 0.382 e. The topological polar surface area (TPSA) is 45.6 Å². The van der Waals surface area contributed by atoms with Crippen LogP contribution in [0.2, 0.25) is 0 Å². The highest BCUT2D eigenvalue weighted by atomic mass is 16.5. The van der Waals surface area contributed by atoms with Gasteiger partial charge in [-0.3, -0.25) is 4.99 Å². The van der Waals surface area contributed by atoms with E-state index in [0.29, 0.717) is 0 Å². The Bertz CT molecular complexity index is 640. The number of fused-ring (bicyclic) bond motifs is 1. The Morgan fingerprint density at radius 2 is 1.79 bits per heavy atom. The van der Waals surface area contributed by atoms with E-state index >= 15 is 0 Å². The van der Waals surface area contributed by atoms with Crippen molar-refractivity contribution in [1.29, 1.82) is 0 Å². The lowest BCUT2D eigenvalue weighted by molar-refractivity contribution is 0.143. The van der Waals surface area contributed by atoms with Crippen LogP contribution in [0.3, 0.4) is 0 Å². The highest BCUT2D eigenvalue weighted by molar-refractivity contribution is 5.83. The van der Waals surface area contributed by atoms with Crippen LogP contribution in [0.25, 0.3) is 10.8 Å². The SMILES string of the molecule is CCOCCCCNC(=NC)NCCc1ccc2ccccc2c1. The van der Waals surface area contributed by atoms with Gasteiger partial charge in [-0.05, 0) is 42.5 Å². The number of guanidine groups is 1. The first kappa shape index (κ1) is 18.3. The van der Waals surface area contributed by atoms with Crippen LogP contribution in [-0.2, 0) is 11.2 Å². The molecule has 24 heavy (non-hydrogen) atoms. The van der Waals surface area contributed by atoms with Crippen molar-refractivity contribution in [3.63, 3.8) is 0 Å². The van der Waals surface area contributed by atoms with Crippen LogP contribution in [0.5, 0.6) is 0 Å².